The molecular formula is C15H13NO. The van der Waals surface area contributed by atoms with Crippen LogP contribution in [0.1, 0.15) is 38.4 Å². The number of aromatic nitrogens is 1. The molecule has 0 fully saturated rings. The van der Waals surface area contributed by atoms with Crippen molar-refractivity contribution in [1.82, 2.24) is 4.98 Å². The Kier molecular flexibility index (Phi) is 2.11. The number of hydrogen-bond acceptors (Lipinski definition) is 2. The van der Waals surface area contributed by atoms with Gasteiger partial charge in [-0.05, 0) is 37.5 Å². The summed E-state index contributed by atoms with van der Waals surface area (Å²) in [5.41, 5.74) is 5.68. The predicted octanol–water partition coefficient (Wildman–Crippen LogP) is 2.83. The molecule has 0 saturated carbocycles. The average molecular weight is 223 g/mol. The monoisotopic (exact) mass is 223 g/mol. The van der Waals surface area contributed by atoms with Gasteiger partial charge in [-0.1, -0.05) is 24.3 Å². The smallest absolute Gasteiger partial charge is 0.195 e. The van der Waals surface area contributed by atoms with Gasteiger partial charge in [0, 0.05) is 22.5 Å². The van der Waals surface area contributed by atoms with Crippen LogP contribution in [0.15, 0.2) is 30.3 Å². The van der Waals surface area contributed by atoms with Crippen LogP contribution in [-0.4, -0.2) is 10.8 Å². The summed E-state index contributed by atoms with van der Waals surface area (Å²) in [6, 6.07) is 9.86. The minimum atomic E-state index is 0.117. The Morgan fingerprint density at radius 3 is 2.71 bits per heavy atom. The third kappa shape index (κ3) is 1.48. The van der Waals surface area contributed by atoms with Crippen molar-refractivity contribution in [1.29, 1.82) is 0 Å². The number of pyridine rings is 1. The highest BCUT2D eigenvalue weighted by molar-refractivity contribution is 6.12. The lowest BCUT2D eigenvalue weighted by molar-refractivity contribution is 0.103. The zero-order valence-electron chi connectivity index (χ0n) is 9.95. The van der Waals surface area contributed by atoms with E-state index < -0.39 is 0 Å². The van der Waals surface area contributed by atoms with Gasteiger partial charge in [-0.15, -0.1) is 0 Å². The van der Waals surface area contributed by atoms with Gasteiger partial charge >= 0.3 is 0 Å². The highest BCUT2D eigenvalue weighted by atomic mass is 16.1. The molecule has 0 radical (unpaired) electrons. The van der Waals surface area contributed by atoms with Crippen molar-refractivity contribution >= 4 is 5.78 Å². The van der Waals surface area contributed by atoms with Crippen molar-refractivity contribution in [3.63, 3.8) is 0 Å². The number of hydrogen-bond donors (Lipinski definition) is 0. The summed E-state index contributed by atoms with van der Waals surface area (Å²) in [5.74, 6) is 0.117. The maximum Gasteiger partial charge on any atom is 0.195 e. The minimum Gasteiger partial charge on any atom is -0.289 e. The normalized spacial score (nSPS) is 13.2. The predicted molar refractivity (Wildman–Crippen MR) is 66.4 cm³/mol. The van der Waals surface area contributed by atoms with Gasteiger partial charge in [-0.3, -0.25) is 9.78 Å². The lowest BCUT2D eigenvalue weighted by Crippen LogP contribution is -2.17. The maximum absolute atomic E-state index is 12.4. The molecule has 0 bridgehead atoms. The largest absolute Gasteiger partial charge is 0.289 e. The van der Waals surface area contributed by atoms with E-state index in [1.165, 1.54) is 0 Å². The van der Waals surface area contributed by atoms with E-state index in [1.807, 2.05) is 44.2 Å². The molecule has 3 rings (SSSR count). The molecule has 84 valence electrons. The first-order valence-corrected chi connectivity index (χ1v) is 5.76. The van der Waals surface area contributed by atoms with E-state index in [9.17, 15) is 4.79 Å². The molecule has 0 atom stereocenters. The first-order valence-electron chi connectivity index (χ1n) is 5.76. The Balaban J connectivity index is 2.27. The molecule has 0 saturated heterocycles. The Morgan fingerprint density at radius 2 is 1.88 bits per heavy atom. The molecule has 0 spiro atoms. The third-order valence-corrected chi connectivity index (χ3v) is 3.28. The molecule has 0 unspecified atom stereocenters. The molecule has 1 aromatic carbocycles. The molecule has 1 aliphatic rings. The topological polar surface area (TPSA) is 30.0 Å². The molecule has 0 amide bonds. The van der Waals surface area contributed by atoms with Crippen molar-refractivity contribution < 1.29 is 4.79 Å². The molecule has 0 N–H and O–H groups in total. The number of nitrogens with zero attached hydrogens (tertiary/aromatic N) is 1. The first-order chi connectivity index (χ1) is 8.16. The van der Waals surface area contributed by atoms with Crippen molar-refractivity contribution in [3.05, 3.63) is 64.0 Å². The lowest BCUT2D eigenvalue weighted by Gasteiger charge is -2.20. The highest BCUT2D eigenvalue weighted by Crippen LogP contribution is 2.28. The molecule has 2 aromatic rings. The van der Waals surface area contributed by atoms with Crippen molar-refractivity contribution in [2.24, 2.45) is 0 Å². The van der Waals surface area contributed by atoms with Gasteiger partial charge in [0.25, 0.3) is 0 Å². The number of rotatable bonds is 0. The Hall–Kier alpha value is -1.96. The summed E-state index contributed by atoms with van der Waals surface area (Å²) < 4.78 is 0. The van der Waals surface area contributed by atoms with E-state index in [0.29, 0.717) is 0 Å². The van der Waals surface area contributed by atoms with E-state index in [1.54, 1.807) is 0 Å². The first kappa shape index (κ1) is 10.2. The number of carbonyl (C=O) groups excluding carboxylic acids is 1. The SMILES string of the molecule is Cc1cc2c(c(C)n1)C(=O)c1ccccc1C2. The van der Waals surface area contributed by atoms with Crippen LogP contribution in [0.2, 0.25) is 0 Å². The Bertz CT molecular complexity index is 629. The summed E-state index contributed by atoms with van der Waals surface area (Å²) in [5, 5.41) is 0. The van der Waals surface area contributed by atoms with Gasteiger partial charge in [0.1, 0.15) is 0 Å². The van der Waals surface area contributed by atoms with E-state index in [4.69, 9.17) is 0 Å². The fraction of sp³-hybridized carbons (Fsp3) is 0.200. The Labute approximate surface area is 100 Å². The van der Waals surface area contributed by atoms with Crippen LogP contribution < -0.4 is 0 Å². The van der Waals surface area contributed by atoms with Gasteiger partial charge in [0.15, 0.2) is 5.78 Å². The standard InChI is InChI=1S/C15H13NO/c1-9-7-12-8-11-5-3-4-6-13(11)15(17)14(12)10(2)16-9/h3-7H,8H2,1-2H3. The molecule has 0 aliphatic heterocycles. The Morgan fingerprint density at radius 1 is 1.12 bits per heavy atom. The second-order valence-corrected chi connectivity index (χ2v) is 4.55. The summed E-state index contributed by atoms with van der Waals surface area (Å²) in [6.07, 6.45) is 0.835. The summed E-state index contributed by atoms with van der Waals surface area (Å²) in [6.45, 7) is 3.88. The lowest BCUT2D eigenvalue weighted by atomic mass is 9.84. The number of benzene rings is 1. The van der Waals surface area contributed by atoms with Crippen molar-refractivity contribution in [3.8, 4) is 0 Å². The van der Waals surface area contributed by atoms with E-state index in [2.05, 4.69) is 4.98 Å². The van der Waals surface area contributed by atoms with Gasteiger partial charge < -0.3 is 0 Å². The molecule has 17 heavy (non-hydrogen) atoms. The van der Waals surface area contributed by atoms with Crippen LogP contribution in [0.5, 0.6) is 0 Å². The zero-order chi connectivity index (χ0) is 12.0. The zero-order valence-corrected chi connectivity index (χ0v) is 9.95. The van der Waals surface area contributed by atoms with Crippen LogP contribution in [0, 0.1) is 13.8 Å². The quantitative estimate of drug-likeness (QED) is 0.586. The third-order valence-electron chi connectivity index (χ3n) is 3.28. The second-order valence-electron chi connectivity index (χ2n) is 4.55. The van der Waals surface area contributed by atoms with Crippen LogP contribution in [0.25, 0.3) is 0 Å². The molecule has 2 heteroatoms. The number of aryl methyl sites for hydroxylation is 2. The summed E-state index contributed by atoms with van der Waals surface area (Å²) in [4.78, 5) is 16.8. The van der Waals surface area contributed by atoms with Crippen LogP contribution >= 0.6 is 0 Å². The molecular weight excluding hydrogens is 210 g/mol. The maximum atomic E-state index is 12.4. The molecule has 2 nitrogen and oxygen atoms in total. The van der Waals surface area contributed by atoms with Gasteiger partial charge in [-0.2, -0.15) is 0 Å². The van der Waals surface area contributed by atoms with E-state index in [-0.39, 0.29) is 5.78 Å². The van der Waals surface area contributed by atoms with Crippen LogP contribution in [0.4, 0.5) is 0 Å². The van der Waals surface area contributed by atoms with E-state index >= 15 is 0 Å². The average Bonchev–Trinajstić information content (AvgIpc) is 2.28. The molecule has 1 aromatic heterocycles. The fourth-order valence-corrected chi connectivity index (χ4v) is 2.59. The molecule has 1 heterocycles. The van der Waals surface area contributed by atoms with Crippen LogP contribution in [0.3, 0.4) is 0 Å². The number of ketones is 1. The minimum absolute atomic E-state index is 0.117. The summed E-state index contributed by atoms with van der Waals surface area (Å²) >= 11 is 0. The van der Waals surface area contributed by atoms with Gasteiger partial charge in [0.2, 0.25) is 0 Å². The second kappa shape index (κ2) is 3.52. The van der Waals surface area contributed by atoms with Crippen LogP contribution in [-0.2, 0) is 6.42 Å². The van der Waals surface area contributed by atoms with E-state index in [0.717, 1.165) is 40.1 Å². The van der Waals surface area contributed by atoms with Gasteiger partial charge in [0.05, 0.1) is 0 Å². The highest BCUT2D eigenvalue weighted by Gasteiger charge is 2.25. The number of fused-ring (bicyclic) bond motifs is 2. The molecule has 1 aliphatic carbocycles. The van der Waals surface area contributed by atoms with Crippen molar-refractivity contribution in [2.75, 3.05) is 0 Å². The van der Waals surface area contributed by atoms with Crippen molar-refractivity contribution in [2.45, 2.75) is 20.3 Å². The van der Waals surface area contributed by atoms with Gasteiger partial charge in [-0.25, -0.2) is 0 Å². The fourth-order valence-electron chi connectivity index (χ4n) is 2.59. The number of carbonyl (C=O) groups is 1. The summed E-state index contributed by atoms with van der Waals surface area (Å²) in [7, 11) is 0.